The molecule has 17 heavy (non-hydrogen) atoms. The molecule has 5 N–H and O–H groups in total. The number of aryl methyl sites for hydroxylation is 1. The summed E-state index contributed by atoms with van der Waals surface area (Å²) in [7, 11) is 1.83. The highest BCUT2D eigenvalue weighted by molar-refractivity contribution is 5.87. The molecule has 0 aliphatic carbocycles. The van der Waals surface area contributed by atoms with Crippen LogP contribution in [0.25, 0.3) is 0 Å². The largest absolute Gasteiger partial charge is 0.370 e. The van der Waals surface area contributed by atoms with Crippen molar-refractivity contribution in [3.05, 3.63) is 18.0 Å². The van der Waals surface area contributed by atoms with Crippen molar-refractivity contribution in [2.24, 2.45) is 18.5 Å². The third-order valence-corrected chi connectivity index (χ3v) is 2.36. The number of nitrogens with one attached hydrogen (secondary N) is 1. The van der Waals surface area contributed by atoms with Crippen LogP contribution >= 0.6 is 0 Å². The molecule has 0 saturated carbocycles. The lowest BCUT2D eigenvalue weighted by atomic mass is 10.2. The fraction of sp³-hybridized carbons (Fsp3) is 0.500. The van der Waals surface area contributed by atoms with E-state index in [1.165, 1.54) is 0 Å². The second-order valence-corrected chi connectivity index (χ2v) is 3.76. The number of hydrogen-bond acceptors (Lipinski definition) is 4. The first-order valence-electron chi connectivity index (χ1n) is 5.29. The minimum Gasteiger partial charge on any atom is -0.370 e. The summed E-state index contributed by atoms with van der Waals surface area (Å²) in [5, 5.41) is 6.65. The zero-order chi connectivity index (χ0) is 12.8. The number of nitrogens with two attached hydrogens (primary N) is 2. The fourth-order valence-corrected chi connectivity index (χ4v) is 1.40. The molecule has 1 aromatic rings. The summed E-state index contributed by atoms with van der Waals surface area (Å²) in [6, 6.07) is 0.995. The SMILES string of the molecule is Cn1nccc1CCNC(=O)C(N)CC(N)=O. The Morgan fingerprint density at radius 2 is 2.29 bits per heavy atom. The average Bonchev–Trinajstić information content (AvgIpc) is 2.63. The Labute approximate surface area is 99.1 Å². The summed E-state index contributed by atoms with van der Waals surface area (Å²) in [6.45, 7) is 0.449. The van der Waals surface area contributed by atoms with E-state index in [0.717, 1.165) is 5.69 Å². The van der Waals surface area contributed by atoms with Gasteiger partial charge in [0.2, 0.25) is 11.8 Å². The van der Waals surface area contributed by atoms with E-state index in [1.54, 1.807) is 10.9 Å². The molecule has 0 fully saturated rings. The zero-order valence-corrected chi connectivity index (χ0v) is 9.72. The molecule has 1 atom stereocenters. The molecule has 0 radical (unpaired) electrons. The van der Waals surface area contributed by atoms with E-state index < -0.39 is 11.9 Å². The van der Waals surface area contributed by atoms with Crippen LogP contribution in [0.2, 0.25) is 0 Å². The Morgan fingerprint density at radius 1 is 1.59 bits per heavy atom. The van der Waals surface area contributed by atoms with Gasteiger partial charge in [0.1, 0.15) is 0 Å². The molecule has 0 aliphatic heterocycles. The van der Waals surface area contributed by atoms with Gasteiger partial charge in [-0.25, -0.2) is 0 Å². The van der Waals surface area contributed by atoms with Crippen molar-refractivity contribution in [3.8, 4) is 0 Å². The fourth-order valence-electron chi connectivity index (χ4n) is 1.40. The number of primary amides is 1. The van der Waals surface area contributed by atoms with Crippen LogP contribution in [0, 0.1) is 0 Å². The van der Waals surface area contributed by atoms with Crippen molar-refractivity contribution in [1.82, 2.24) is 15.1 Å². The van der Waals surface area contributed by atoms with Crippen molar-refractivity contribution in [2.45, 2.75) is 18.9 Å². The first-order chi connectivity index (χ1) is 8.00. The van der Waals surface area contributed by atoms with Gasteiger partial charge in [0.25, 0.3) is 0 Å². The maximum Gasteiger partial charge on any atom is 0.237 e. The van der Waals surface area contributed by atoms with Crippen LogP contribution in [-0.4, -0.2) is 34.2 Å². The van der Waals surface area contributed by atoms with Crippen molar-refractivity contribution < 1.29 is 9.59 Å². The van der Waals surface area contributed by atoms with Crippen molar-refractivity contribution >= 4 is 11.8 Å². The molecule has 94 valence electrons. The molecular formula is C10H17N5O2. The highest BCUT2D eigenvalue weighted by Gasteiger charge is 2.15. The monoisotopic (exact) mass is 239 g/mol. The molecule has 1 aromatic heterocycles. The number of hydrogen-bond donors (Lipinski definition) is 3. The molecule has 2 amide bonds. The first-order valence-corrected chi connectivity index (χ1v) is 5.29. The summed E-state index contributed by atoms with van der Waals surface area (Å²) in [5.74, 6) is -0.953. The third kappa shape index (κ3) is 4.23. The van der Waals surface area contributed by atoms with Gasteiger partial charge in [-0.05, 0) is 6.07 Å². The van der Waals surface area contributed by atoms with Crippen LogP contribution < -0.4 is 16.8 Å². The number of amides is 2. The lowest BCUT2D eigenvalue weighted by Crippen LogP contribution is -2.43. The van der Waals surface area contributed by atoms with Gasteiger partial charge in [0.15, 0.2) is 0 Å². The van der Waals surface area contributed by atoms with Crippen LogP contribution in [0.3, 0.4) is 0 Å². The van der Waals surface area contributed by atoms with E-state index in [9.17, 15) is 9.59 Å². The predicted octanol–water partition coefficient (Wildman–Crippen LogP) is -1.72. The van der Waals surface area contributed by atoms with Crippen LogP contribution in [0.1, 0.15) is 12.1 Å². The molecule has 1 rings (SSSR count). The van der Waals surface area contributed by atoms with Gasteiger partial charge in [-0.1, -0.05) is 0 Å². The summed E-state index contributed by atoms with van der Waals surface area (Å²) >= 11 is 0. The Bertz CT molecular complexity index is 401. The summed E-state index contributed by atoms with van der Waals surface area (Å²) in [6.07, 6.45) is 2.21. The number of carbonyl (C=O) groups is 2. The smallest absolute Gasteiger partial charge is 0.237 e. The van der Waals surface area contributed by atoms with E-state index in [0.29, 0.717) is 13.0 Å². The van der Waals surface area contributed by atoms with Gasteiger partial charge in [-0.15, -0.1) is 0 Å². The van der Waals surface area contributed by atoms with E-state index in [1.807, 2.05) is 13.1 Å². The molecule has 7 nitrogen and oxygen atoms in total. The standard InChI is InChI=1S/C10H17N5O2/c1-15-7(3-5-14-15)2-4-13-10(17)8(11)6-9(12)16/h3,5,8H,2,4,6,11H2,1H3,(H2,12,16)(H,13,17). The van der Waals surface area contributed by atoms with Crippen LogP contribution in [-0.2, 0) is 23.1 Å². The zero-order valence-electron chi connectivity index (χ0n) is 9.72. The van der Waals surface area contributed by atoms with Crippen LogP contribution in [0.15, 0.2) is 12.3 Å². The van der Waals surface area contributed by atoms with E-state index in [2.05, 4.69) is 10.4 Å². The molecule has 0 bridgehead atoms. The Morgan fingerprint density at radius 3 is 2.82 bits per heavy atom. The van der Waals surface area contributed by atoms with Crippen LogP contribution in [0.5, 0.6) is 0 Å². The number of rotatable bonds is 6. The molecular weight excluding hydrogens is 222 g/mol. The molecule has 0 aromatic carbocycles. The van der Waals surface area contributed by atoms with E-state index in [-0.39, 0.29) is 12.3 Å². The molecule has 0 aliphatic rings. The summed E-state index contributed by atoms with van der Waals surface area (Å²) in [5.41, 5.74) is 11.4. The molecule has 0 spiro atoms. The highest BCUT2D eigenvalue weighted by atomic mass is 16.2. The van der Waals surface area contributed by atoms with Gasteiger partial charge < -0.3 is 16.8 Å². The molecule has 0 saturated heterocycles. The number of carbonyl (C=O) groups excluding carboxylic acids is 2. The summed E-state index contributed by atoms with van der Waals surface area (Å²) < 4.78 is 1.73. The average molecular weight is 239 g/mol. The van der Waals surface area contributed by atoms with Gasteiger partial charge in [-0.2, -0.15) is 5.10 Å². The van der Waals surface area contributed by atoms with E-state index >= 15 is 0 Å². The normalized spacial score (nSPS) is 12.1. The van der Waals surface area contributed by atoms with Gasteiger partial charge >= 0.3 is 0 Å². The second-order valence-electron chi connectivity index (χ2n) is 3.76. The number of nitrogens with zero attached hydrogens (tertiary/aromatic N) is 2. The first kappa shape index (κ1) is 13.2. The minimum atomic E-state index is -0.876. The maximum atomic E-state index is 11.4. The molecule has 7 heteroatoms. The maximum absolute atomic E-state index is 11.4. The highest BCUT2D eigenvalue weighted by Crippen LogP contribution is 1.96. The quantitative estimate of drug-likeness (QED) is 0.547. The van der Waals surface area contributed by atoms with Gasteiger partial charge in [0.05, 0.1) is 12.5 Å². The minimum absolute atomic E-state index is 0.141. The lowest BCUT2D eigenvalue weighted by molar-refractivity contribution is -0.126. The number of aromatic nitrogens is 2. The summed E-state index contributed by atoms with van der Waals surface area (Å²) in [4.78, 5) is 22.0. The topological polar surface area (TPSA) is 116 Å². The van der Waals surface area contributed by atoms with Crippen molar-refractivity contribution in [1.29, 1.82) is 0 Å². The Hall–Kier alpha value is -1.89. The van der Waals surface area contributed by atoms with Crippen LogP contribution in [0.4, 0.5) is 0 Å². The molecule has 1 heterocycles. The second kappa shape index (κ2) is 6.00. The van der Waals surface area contributed by atoms with Gasteiger partial charge in [-0.3, -0.25) is 14.3 Å². The Balaban J connectivity index is 2.29. The van der Waals surface area contributed by atoms with Crippen molar-refractivity contribution in [2.75, 3.05) is 6.54 Å². The van der Waals surface area contributed by atoms with Gasteiger partial charge in [0, 0.05) is 31.9 Å². The lowest BCUT2D eigenvalue weighted by Gasteiger charge is -2.10. The predicted molar refractivity (Wildman–Crippen MR) is 61.7 cm³/mol. The third-order valence-electron chi connectivity index (χ3n) is 2.36. The molecule has 1 unspecified atom stereocenters. The van der Waals surface area contributed by atoms with Crippen molar-refractivity contribution in [3.63, 3.8) is 0 Å². The Kier molecular flexibility index (Phi) is 4.65. The van der Waals surface area contributed by atoms with E-state index in [4.69, 9.17) is 11.5 Å².